The Morgan fingerprint density at radius 1 is 1.27 bits per heavy atom. The molecule has 2 aromatic rings. The van der Waals surface area contributed by atoms with Crippen molar-refractivity contribution in [3.05, 3.63) is 36.1 Å². The third-order valence-corrected chi connectivity index (χ3v) is 3.89. The Morgan fingerprint density at radius 3 is 2.46 bits per heavy atom. The predicted molar refractivity (Wildman–Crippen MR) is 88.0 cm³/mol. The number of carbonyl (C=O) groups is 2. The zero-order valence-electron chi connectivity index (χ0n) is 14.2. The van der Waals surface area contributed by atoms with Gasteiger partial charge in [-0.1, -0.05) is 32.0 Å². The number of para-hydroxylation sites is 1. The summed E-state index contributed by atoms with van der Waals surface area (Å²) >= 11 is 0. The molecule has 0 radical (unpaired) electrons. The lowest BCUT2D eigenvalue weighted by molar-refractivity contribution is -0.147. The molecule has 0 aliphatic carbocycles. The number of furan rings is 1. The van der Waals surface area contributed by atoms with Crippen LogP contribution in [0.1, 0.15) is 24.4 Å². The summed E-state index contributed by atoms with van der Waals surface area (Å²) in [6, 6.07) is 7.42. The van der Waals surface area contributed by atoms with Crippen LogP contribution in [0.4, 0.5) is 18.0 Å². The molecule has 6 nitrogen and oxygen atoms in total. The van der Waals surface area contributed by atoms with Crippen LogP contribution in [0.15, 0.2) is 34.7 Å². The molecule has 0 aliphatic heterocycles. The summed E-state index contributed by atoms with van der Waals surface area (Å²) in [4.78, 5) is 23.8. The molecule has 2 rings (SSSR count). The number of hydrogen-bond acceptors (Lipinski definition) is 3. The quantitative estimate of drug-likeness (QED) is 0.809. The van der Waals surface area contributed by atoms with Crippen molar-refractivity contribution in [2.45, 2.75) is 26.1 Å². The zero-order valence-corrected chi connectivity index (χ0v) is 14.2. The minimum Gasteiger partial charge on any atom is -0.465 e. The van der Waals surface area contributed by atoms with E-state index in [1.165, 1.54) is 6.07 Å². The second-order valence-corrected chi connectivity index (χ2v) is 6.20. The third-order valence-electron chi connectivity index (χ3n) is 3.89. The molecule has 1 heterocycles. The molecule has 0 fully saturated rings. The van der Waals surface area contributed by atoms with E-state index in [1.807, 2.05) is 0 Å². The fraction of sp³-hybridized carbons (Fsp3) is 0.412. The van der Waals surface area contributed by atoms with Crippen molar-refractivity contribution in [2.75, 3.05) is 13.1 Å². The van der Waals surface area contributed by atoms with E-state index in [2.05, 4.69) is 5.32 Å². The van der Waals surface area contributed by atoms with E-state index in [1.54, 1.807) is 38.1 Å². The lowest BCUT2D eigenvalue weighted by atomic mass is 10.0. The molecular weight excluding hydrogens is 353 g/mol. The van der Waals surface area contributed by atoms with Crippen LogP contribution in [0.5, 0.6) is 0 Å². The highest BCUT2D eigenvalue weighted by Gasteiger charge is 2.37. The molecule has 1 aromatic carbocycles. The van der Waals surface area contributed by atoms with Gasteiger partial charge in [0.1, 0.15) is 12.1 Å². The molecule has 0 saturated heterocycles. The van der Waals surface area contributed by atoms with Gasteiger partial charge in [0.2, 0.25) is 0 Å². The van der Waals surface area contributed by atoms with E-state index in [0.717, 1.165) is 0 Å². The third kappa shape index (κ3) is 4.90. The second kappa shape index (κ2) is 7.67. The maximum atomic E-state index is 12.7. The number of carboxylic acid groups (broad SMARTS) is 1. The fourth-order valence-electron chi connectivity index (χ4n) is 2.60. The fourth-order valence-corrected chi connectivity index (χ4v) is 2.60. The number of rotatable bonds is 6. The highest BCUT2D eigenvalue weighted by Crippen LogP contribution is 2.22. The first-order chi connectivity index (χ1) is 12.1. The number of benzene rings is 1. The molecular formula is C17H19F3N2O4. The highest BCUT2D eigenvalue weighted by atomic mass is 19.4. The van der Waals surface area contributed by atoms with Crippen molar-refractivity contribution in [2.24, 2.45) is 5.92 Å². The largest absolute Gasteiger partial charge is 0.465 e. The van der Waals surface area contributed by atoms with Crippen molar-refractivity contribution in [3.8, 4) is 0 Å². The molecule has 142 valence electrons. The molecule has 9 heteroatoms. The molecule has 2 amide bonds. The molecule has 1 atom stereocenters. The number of fused-ring (bicyclic) bond motifs is 1. The minimum absolute atomic E-state index is 0.00593. The predicted octanol–water partition coefficient (Wildman–Crippen LogP) is 3.73. The molecule has 0 spiro atoms. The van der Waals surface area contributed by atoms with Crippen molar-refractivity contribution in [3.63, 3.8) is 0 Å². The Hall–Kier alpha value is -2.71. The minimum atomic E-state index is -4.67. The van der Waals surface area contributed by atoms with Crippen LogP contribution < -0.4 is 5.32 Å². The van der Waals surface area contributed by atoms with Gasteiger partial charge in [-0.15, -0.1) is 0 Å². The first-order valence-corrected chi connectivity index (χ1v) is 7.91. The van der Waals surface area contributed by atoms with E-state index in [4.69, 9.17) is 9.52 Å². The van der Waals surface area contributed by atoms with Gasteiger partial charge in [-0.05, 0) is 18.1 Å². The molecule has 0 bridgehead atoms. The van der Waals surface area contributed by atoms with Crippen LogP contribution in [-0.2, 0) is 0 Å². The van der Waals surface area contributed by atoms with E-state index >= 15 is 0 Å². The standard InChI is InChI=1S/C17H19F3N2O4/c1-10(2)12(22(16(24)25)9-17(18,19)20)8-21-15(23)14-7-11-5-3-4-6-13(11)26-14/h3-7,10,12H,8-9H2,1-2H3,(H,21,23)(H,24,25)/t12-/m1/s1. The molecule has 0 unspecified atom stereocenters. The Morgan fingerprint density at radius 2 is 1.92 bits per heavy atom. The average molecular weight is 372 g/mol. The van der Waals surface area contributed by atoms with Crippen molar-refractivity contribution in [1.29, 1.82) is 0 Å². The monoisotopic (exact) mass is 372 g/mol. The molecule has 26 heavy (non-hydrogen) atoms. The number of nitrogens with one attached hydrogen (secondary N) is 1. The van der Waals surface area contributed by atoms with E-state index in [0.29, 0.717) is 15.9 Å². The number of carbonyl (C=O) groups excluding carboxylic acids is 1. The van der Waals surface area contributed by atoms with Gasteiger partial charge in [-0.3, -0.25) is 9.69 Å². The summed E-state index contributed by atoms with van der Waals surface area (Å²) in [5, 5.41) is 12.3. The summed E-state index contributed by atoms with van der Waals surface area (Å²) in [6.07, 6.45) is -6.37. The van der Waals surface area contributed by atoms with Gasteiger partial charge >= 0.3 is 12.3 Å². The van der Waals surface area contributed by atoms with Gasteiger partial charge in [0, 0.05) is 11.9 Å². The summed E-state index contributed by atoms with van der Waals surface area (Å²) in [5.74, 6) is -1.06. The first kappa shape index (κ1) is 19.6. The smallest absolute Gasteiger partial charge is 0.407 e. The molecule has 0 aliphatic rings. The second-order valence-electron chi connectivity index (χ2n) is 6.20. The lowest BCUT2D eigenvalue weighted by Gasteiger charge is -2.32. The number of alkyl halides is 3. The number of halogens is 3. The highest BCUT2D eigenvalue weighted by molar-refractivity contribution is 5.96. The maximum absolute atomic E-state index is 12.7. The topological polar surface area (TPSA) is 82.8 Å². The van der Waals surface area contributed by atoms with Gasteiger partial charge in [0.15, 0.2) is 5.76 Å². The van der Waals surface area contributed by atoms with Gasteiger partial charge in [0.25, 0.3) is 5.91 Å². The van der Waals surface area contributed by atoms with Crippen LogP contribution in [0.2, 0.25) is 0 Å². The summed E-state index contributed by atoms with van der Waals surface area (Å²) < 4.78 is 43.4. The van der Waals surface area contributed by atoms with Crippen molar-refractivity contribution < 1.29 is 32.3 Å². The van der Waals surface area contributed by atoms with Crippen molar-refractivity contribution >= 4 is 23.0 Å². The van der Waals surface area contributed by atoms with Crippen LogP contribution >= 0.6 is 0 Å². The number of amides is 2. The number of nitrogens with zero attached hydrogens (tertiary/aromatic N) is 1. The zero-order chi connectivity index (χ0) is 19.5. The number of hydrogen-bond donors (Lipinski definition) is 2. The summed E-state index contributed by atoms with van der Waals surface area (Å²) in [7, 11) is 0. The van der Waals surface area contributed by atoms with E-state index in [-0.39, 0.29) is 12.3 Å². The average Bonchev–Trinajstić information content (AvgIpc) is 2.96. The van der Waals surface area contributed by atoms with Crippen molar-refractivity contribution in [1.82, 2.24) is 10.2 Å². The molecule has 1 aromatic heterocycles. The first-order valence-electron chi connectivity index (χ1n) is 7.91. The van der Waals surface area contributed by atoms with Gasteiger partial charge in [-0.2, -0.15) is 13.2 Å². The van der Waals surface area contributed by atoms with Crippen LogP contribution in [0.25, 0.3) is 11.0 Å². The van der Waals surface area contributed by atoms with E-state index < -0.39 is 36.7 Å². The normalized spacial score (nSPS) is 13.0. The van der Waals surface area contributed by atoms with Crippen LogP contribution in [-0.4, -0.2) is 47.3 Å². The Labute approximate surface area is 147 Å². The summed E-state index contributed by atoms with van der Waals surface area (Å²) in [5.41, 5.74) is 0.502. The Bertz CT molecular complexity index is 753. The van der Waals surface area contributed by atoms with Gasteiger partial charge in [0.05, 0.1) is 6.04 Å². The Kier molecular flexibility index (Phi) is 5.79. The molecule has 2 N–H and O–H groups in total. The van der Waals surface area contributed by atoms with Gasteiger partial charge < -0.3 is 14.8 Å². The molecule has 0 saturated carbocycles. The Balaban J connectivity index is 2.11. The van der Waals surface area contributed by atoms with Crippen LogP contribution in [0.3, 0.4) is 0 Å². The maximum Gasteiger partial charge on any atom is 0.407 e. The summed E-state index contributed by atoms with van der Waals surface area (Å²) in [6.45, 7) is 1.30. The SMILES string of the molecule is CC(C)[C@@H](CNC(=O)c1cc2ccccc2o1)N(CC(F)(F)F)C(=O)O. The van der Waals surface area contributed by atoms with E-state index in [9.17, 15) is 22.8 Å². The van der Waals surface area contributed by atoms with Gasteiger partial charge in [-0.25, -0.2) is 4.79 Å². The van der Waals surface area contributed by atoms with Crippen LogP contribution in [0, 0.1) is 5.92 Å². The lowest BCUT2D eigenvalue weighted by Crippen LogP contribution is -2.52.